The van der Waals surface area contributed by atoms with Gasteiger partial charge in [0.15, 0.2) is 6.23 Å². The van der Waals surface area contributed by atoms with Gasteiger partial charge in [-0.15, -0.1) is 0 Å². The van der Waals surface area contributed by atoms with E-state index in [1.165, 1.54) is 12.0 Å². The zero-order chi connectivity index (χ0) is 10.1. The van der Waals surface area contributed by atoms with E-state index in [0.29, 0.717) is 6.54 Å². The first kappa shape index (κ1) is 9.02. The highest BCUT2D eigenvalue weighted by Gasteiger charge is 2.32. The first-order chi connectivity index (χ1) is 6.74. The zero-order valence-electron chi connectivity index (χ0n) is 7.80. The van der Waals surface area contributed by atoms with Crippen LogP contribution in [0, 0.1) is 0 Å². The van der Waals surface area contributed by atoms with E-state index in [1.807, 2.05) is 24.3 Å². The smallest absolute Gasteiger partial charge is 0.409 e. The summed E-state index contributed by atoms with van der Waals surface area (Å²) < 4.78 is 5.16. The van der Waals surface area contributed by atoms with Gasteiger partial charge in [0.1, 0.15) is 0 Å². The Morgan fingerprint density at radius 3 is 2.93 bits per heavy atom. The lowest BCUT2D eigenvalue weighted by Gasteiger charge is -2.20. The Balaban J connectivity index is 2.38. The van der Waals surface area contributed by atoms with Crippen LogP contribution in [0.25, 0.3) is 0 Å². The molecule has 4 nitrogen and oxygen atoms in total. The van der Waals surface area contributed by atoms with Gasteiger partial charge in [0.2, 0.25) is 0 Å². The Labute approximate surface area is 81.7 Å². The number of nitrogens with zero attached hydrogens (tertiary/aromatic N) is 1. The van der Waals surface area contributed by atoms with Crippen LogP contribution in [0.5, 0.6) is 0 Å². The molecule has 0 fully saturated rings. The summed E-state index contributed by atoms with van der Waals surface area (Å²) in [6.45, 7) is 0.407. The largest absolute Gasteiger partial charge is 0.465 e. The second-order valence-corrected chi connectivity index (χ2v) is 3.20. The quantitative estimate of drug-likeness (QED) is 0.740. The molecule has 1 aromatic rings. The van der Waals surface area contributed by atoms with Gasteiger partial charge >= 0.3 is 6.09 Å². The molecule has 1 amide bonds. The molecule has 1 aliphatic rings. The maximum Gasteiger partial charge on any atom is 0.409 e. The second-order valence-electron chi connectivity index (χ2n) is 3.20. The molecule has 1 atom stereocenters. The topological polar surface area (TPSA) is 49.8 Å². The van der Waals surface area contributed by atoms with Gasteiger partial charge in [-0.2, -0.15) is 0 Å². The number of hydrogen-bond donors (Lipinski definition) is 1. The summed E-state index contributed by atoms with van der Waals surface area (Å²) in [6, 6.07) is 7.60. The number of carboxylic acid groups (broad SMARTS) is 1. The van der Waals surface area contributed by atoms with Crippen molar-refractivity contribution in [3.8, 4) is 0 Å². The maximum atomic E-state index is 10.9. The number of fused-ring (bicyclic) bond motifs is 1. The summed E-state index contributed by atoms with van der Waals surface area (Å²) in [7, 11) is 1.52. The van der Waals surface area contributed by atoms with Crippen LogP contribution in [0.2, 0.25) is 0 Å². The second kappa shape index (κ2) is 3.31. The summed E-state index contributed by atoms with van der Waals surface area (Å²) in [5.74, 6) is 0. The third-order valence-electron chi connectivity index (χ3n) is 2.41. The molecule has 4 heteroatoms. The lowest BCUT2D eigenvalue weighted by atomic mass is 10.1. The maximum absolute atomic E-state index is 10.9. The van der Waals surface area contributed by atoms with Crippen LogP contribution in [0.4, 0.5) is 4.79 Å². The molecule has 0 saturated carbocycles. The Morgan fingerprint density at radius 2 is 2.29 bits per heavy atom. The van der Waals surface area contributed by atoms with Crippen LogP contribution in [-0.2, 0) is 11.3 Å². The van der Waals surface area contributed by atoms with Gasteiger partial charge in [0.05, 0.1) is 6.54 Å². The van der Waals surface area contributed by atoms with Crippen molar-refractivity contribution in [3.05, 3.63) is 35.4 Å². The van der Waals surface area contributed by atoms with Gasteiger partial charge in [-0.25, -0.2) is 4.79 Å². The highest BCUT2D eigenvalue weighted by Crippen LogP contribution is 2.33. The number of ether oxygens (including phenoxy) is 1. The Hall–Kier alpha value is -1.55. The highest BCUT2D eigenvalue weighted by molar-refractivity contribution is 5.67. The van der Waals surface area contributed by atoms with Crippen molar-refractivity contribution in [3.63, 3.8) is 0 Å². The molecule has 1 heterocycles. The standard InChI is InChI=1S/C10H11NO3/c1-14-9-8-5-3-2-4-7(8)6-11(9)10(12)13/h2-5,9H,6H2,1H3,(H,12,13). The number of methoxy groups -OCH3 is 1. The molecule has 0 radical (unpaired) electrons. The molecule has 0 spiro atoms. The molecule has 1 N–H and O–H groups in total. The van der Waals surface area contributed by atoms with E-state index in [-0.39, 0.29) is 0 Å². The molecule has 0 saturated heterocycles. The minimum absolute atomic E-state index is 0.407. The third-order valence-corrected chi connectivity index (χ3v) is 2.41. The number of rotatable bonds is 1. The Kier molecular flexibility index (Phi) is 2.13. The van der Waals surface area contributed by atoms with Crippen LogP contribution in [-0.4, -0.2) is 23.2 Å². The van der Waals surface area contributed by atoms with Gasteiger partial charge in [-0.05, 0) is 5.56 Å². The third kappa shape index (κ3) is 1.24. The van der Waals surface area contributed by atoms with Crippen LogP contribution < -0.4 is 0 Å². The number of carbonyl (C=O) groups is 1. The predicted molar refractivity (Wildman–Crippen MR) is 49.8 cm³/mol. The first-order valence-corrected chi connectivity index (χ1v) is 4.34. The van der Waals surface area contributed by atoms with Crippen molar-refractivity contribution in [2.45, 2.75) is 12.8 Å². The van der Waals surface area contributed by atoms with Gasteiger partial charge in [0.25, 0.3) is 0 Å². The molecule has 0 bridgehead atoms. The molecule has 74 valence electrons. The van der Waals surface area contributed by atoms with Gasteiger partial charge in [0, 0.05) is 12.7 Å². The average Bonchev–Trinajstić information content (AvgIpc) is 2.56. The summed E-state index contributed by atoms with van der Waals surface area (Å²) in [5.41, 5.74) is 1.96. The van der Waals surface area contributed by atoms with Crippen molar-refractivity contribution < 1.29 is 14.6 Å². The molecular weight excluding hydrogens is 182 g/mol. The highest BCUT2D eigenvalue weighted by atomic mass is 16.5. The van der Waals surface area contributed by atoms with Crippen LogP contribution in [0.1, 0.15) is 17.4 Å². The fourth-order valence-corrected chi connectivity index (χ4v) is 1.78. The molecule has 1 aromatic carbocycles. The summed E-state index contributed by atoms with van der Waals surface area (Å²) in [4.78, 5) is 12.2. The average molecular weight is 193 g/mol. The van der Waals surface area contributed by atoms with Crippen LogP contribution >= 0.6 is 0 Å². The molecule has 14 heavy (non-hydrogen) atoms. The van der Waals surface area contributed by atoms with E-state index < -0.39 is 12.3 Å². The number of benzene rings is 1. The number of hydrogen-bond acceptors (Lipinski definition) is 2. The van der Waals surface area contributed by atoms with E-state index in [1.54, 1.807) is 0 Å². The van der Waals surface area contributed by atoms with E-state index in [4.69, 9.17) is 9.84 Å². The molecular formula is C10H11NO3. The van der Waals surface area contributed by atoms with Crippen molar-refractivity contribution in [1.29, 1.82) is 0 Å². The SMILES string of the molecule is COC1c2ccccc2CN1C(=O)O. The van der Waals surface area contributed by atoms with Gasteiger partial charge < -0.3 is 9.84 Å². The van der Waals surface area contributed by atoms with Crippen LogP contribution in [0.3, 0.4) is 0 Å². The molecule has 0 aromatic heterocycles. The first-order valence-electron chi connectivity index (χ1n) is 4.34. The lowest BCUT2D eigenvalue weighted by Crippen LogP contribution is -2.28. The molecule has 1 unspecified atom stereocenters. The fraction of sp³-hybridized carbons (Fsp3) is 0.300. The summed E-state index contributed by atoms with van der Waals surface area (Å²) in [5, 5.41) is 8.93. The normalized spacial score (nSPS) is 19.5. The minimum Gasteiger partial charge on any atom is -0.465 e. The van der Waals surface area contributed by atoms with Crippen molar-refractivity contribution in [2.75, 3.05) is 7.11 Å². The van der Waals surface area contributed by atoms with E-state index in [0.717, 1.165) is 11.1 Å². The Morgan fingerprint density at radius 1 is 1.57 bits per heavy atom. The van der Waals surface area contributed by atoms with E-state index >= 15 is 0 Å². The van der Waals surface area contributed by atoms with Crippen molar-refractivity contribution in [1.82, 2.24) is 4.90 Å². The van der Waals surface area contributed by atoms with Gasteiger partial charge in [-0.3, -0.25) is 4.90 Å². The molecule has 1 aliphatic heterocycles. The zero-order valence-corrected chi connectivity index (χ0v) is 7.80. The van der Waals surface area contributed by atoms with Crippen molar-refractivity contribution in [2.24, 2.45) is 0 Å². The number of amides is 1. The molecule has 0 aliphatic carbocycles. The summed E-state index contributed by atoms with van der Waals surface area (Å²) in [6.07, 6.45) is -1.41. The predicted octanol–water partition coefficient (Wildman–Crippen LogP) is 1.83. The van der Waals surface area contributed by atoms with Crippen molar-refractivity contribution >= 4 is 6.09 Å². The monoisotopic (exact) mass is 193 g/mol. The summed E-state index contributed by atoms with van der Waals surface area (Å²) >= 11 is 0. The Bertz CT molecular complexity index is 364. The van der Waals surface area contributed by atoms with E-state index in [2.05, 4.69) is 0 Å². The minimum atomic E-state index is -0.951. The fourth-order valence-electron chi connectivity index (χ4n) is 1.78. The van der Waals surface area contributed by atoms with E-state index in [9.17, 15) is 4.79 Å². The van der Waals surface area contributed by atoms with Gasteiger partial charge in [-0.1, -0.05) is 24.3 Å². The van der Waals surface area contributed by atoms with Crippen LogP contribution in [0.15, 0.2) is 24.3 Å². The molecule has 2 rings (SSSR count). The lowest BCUT2D eigenvalue weighted by molar-refractivity contribution is -0.0139.